The number of pyridine rings is 1. The van der Waals surface area contributed by atoms with E-state index in [1.54, 1.807) is 31.4 Å². The van der Waals surface area contributed by atoms with Crippen molar-refractivity contribution in [1.82, 2.24) is 4.98 Å². The molecule has 0 spiro atoms. The molecular weight excluding hydrogens is 376 g/mol. The molecule has 1 heterocycles. The summed E-state index contributed by atoms with van der Waals surface area (Å²) in [6, 6.07) is 11.2. The zero-order chi connectivity index (χ0) is 20.3. The Bertz CT molecular complexity index is 1080. The topological polar surface area (TPSA) is 93.2 Å². The number of anilines is 3. The first-order valence-electron chi connectivity index (χ1n) is 8.91. The van der Waals surface area contributed by atoms with E-state index in [1.807, 2.05) is 19.9 Å². The number of fused-ring (bicyclic) bond motifs is 1. The molecule has 0 atom stereocenters. The highest BCUT2D eigenvalue weighted by Gasteiger charge is 2.17. The first kappa shape index (κ1) is 19.6. The van der Waals surface area contributed by atoms with E-state index >= 15 is 0 Å². The summed E-state index contributed by atoms with van der Waals surface area (Å²) in [6.07, 6.45) is 0.616. The van der Waals surface area contributed by atoms with E-state index in [9.17, 15) is 5.26 Å². The van der Waals surface area contributed by atoms with Gasteiger partial charge in [0.05, 0.1) is 46.9 Å². The predicted molar refractivity (Wildman–Crippen MR) is 113 cm³/mol. The molecule has 1 aromatic heterocycles. The van der Waals surface area contributed by atoms with E-state index in [4.69, 9.17) is 26.8 Å². The van der Waals surface area contributed by atoms with Crippen molar-refractivity contribution in [2.45, 2.75) is 20.3 Å². The monoisotopic (exact) mass is 396 g/mol. The number of nitrogens with zero attached hydrogens (tertiary/aromatic N) is 2. The Morgan fingerprint density at radius 2 is 2.00 bits per heavy atom. The molecule has 28 heavy (non-hydrogen) atoms. The smallest absolute Gasteiger partial charge is 0.144 e. The van der Waals surface area contributed by atoms with Gasteiger partial charge in [0.2, 0.25) is 0 Å². The van der Waals surface area contributed by atoms with E-state index in [0.29, 0.717) is 57.7 Å². The zero-order valence-electron chi connectivity index (χ0n) is 16.0. The van der Waals surface area contributed by atoms with Gasteiger partial charge < -0.3 is 20.5 Å². The van der Waals surface area contributed by atoms with Crippen molar-refractivity contribution in [3.05, 3.63) is 46.6 Å². The van der Waals surface area contributed by atoms with Gasteiger partial charge in [0.15, 0.2) is 0 Å². The number of nitrogens with two attached hydrogens (primary N) is 1. The minimum atomic E-state index is 0.471. The van der Waals surface area contributed by atoms with Crippen LogP contribution in [0.5, 0.6) is 11.5 Å². The number of hydrogen-bond donors (Lipinski definition) is 2. The molecule has 0 fully saturated rings. The van der Waals surface area contributed by atoms with Crippen LogP contribution in [0.25, 0.3) is 10.9 Å². The van der Waals surface area contributed by atoms with Gasteiger partial charge in [-0.1, -0.05) is 18.5 Å². The van der Waals surface area contributed by atoms with Gasteiger partial charge in [-0.3, -0.25) is 4.98 Å². The molecule has 6 nitrogen and oxygen atoms in total. The van der Waals surface area contributed by atoms with Gasteiger partial charge in [0, 0.05) is 17.1 Å². The number of nitrogens with one attached hydrogen (secondary N) is 1. The Balaban J connectivity index is 2.22. The van der Waals surface area contributed by atoms with Crippen LogP contribution < -0.4 is 20.5 Å². The van der Waals surface area contributed by atoms with Gasteiger partial charge in [-0.2, -0.15) is 5.26 Å². The van der Waals surface area contributed by atoms with Gasteiger partial charge in [-0.05, 0) is 37.6 Å². The van der Waals surface area contributed by atoms with E-state index in [-0.39, 0.29) is 0 Å². The highest BCUT2D eigenvalue weighted by molar-refractivity contribution is 6.32. The molecule has 0 amide bonds. The third kappa shape index (κ3) is 3.62. The van der Waals surface area contributed by atoms with Gasteiger partial charge in [-0.25, -0.2) is 0 Å². The van der Waals surface area contributed by atoms with Gasteiger partial charge in [0.1, 0.15) is 17.6 Å². The summed E-state index contributed by atoms with van der Waals surface area (Å²) in [5, 5.41) is 14.3. The maximum Gasteiger partial charge on any atom is 0.144 e. The highest BCUT2D eigenvalue weighted by atomic mass is 35.5. The summed E-state index contributed by atoms with van der Waals surface area (Å²) < 4.78 is 10.8. The molecule has 0 unspecified atom stereocenters. The van der Waals surface area contributed by atoms with Crippen molar-refractivity contribution in [2.24, 2.45) is 0 Å². The van der Waals surface area contributed by atoms with Gasteiger partial charge in [0.25, 0.3) is 0 Å². The standard InChI is InChI=1S/C21H21ClN4O2/c1-4-17-14(11-23)21(25-12-6-7-19(27-3)15(22)8-12)13-9-16(24)20(28-5-2)10-18(13)26-17/h6-10H,4-5,24H2,1-3H3,(H,25,26). The number of nitrogen functional groups attached to an aromatic ring is 1. The van der Waals surface area contributed by atoms with Crippen molar-refractivity contribution >= 4 is 39.6 Å². The van der Waals surface area contributed by atoms with Crippen LogP contribution in [0.1, 0.15) is 25.1 Å². The number of methoxy groups -OCH3 is 1. The normalized spacial score (nSPS) is 10.5. The summed E-state index contributed by atoms with van der Waals surface area (Å²) in [4.78, 5) is 4.65. The molecule has 0 saturated carbocycles. The van der Waals surface area contributed by atoms with Crippen molar-refractivity contribution < 1.29 is 9.47 Å². The Morgan fingerprint density at radius 1 is 1.21 bits per heavy atom. The van der Waals surface area contributed by atoms with Crippen LogP contribution >= 0.6 is 11.6 Å². The maximum absolute atomic E-state index is 9.78. The molecule has 3 aromatic rings. The number of aryl methyl sites for hydroxylation is 1. The Hall–Kier alpha value is -3.17. The predicted octanol–water partition coefficient (Wildman–Crippen LogP) is 5.06. The second-order valence-corrected chi connectivity index (χ2v) is 6.50. The summed E-state index contributed by atoms with van der Waals surface area (Å²) >= 11 is 6.25. The minimum absolute atomic E-state index is 0.471. The zero-order valence-corrected chi connectivity index (χ0v) is 16.7. The third-order valence-electron chi connectivity index (χ3n) is 4.36. The van der Waals surface area contributed by atoms with Crippen LogP contribution in [0, 0.1) is 11.3 Å². The molecule has 0 radical (unpaired) electrons. The molecule has 144 valence electrons. The number of hydrogen-bond acceptors (Lipinski definition) is 6. The number of ether oxygens (including phenoxy) is 2. The molecule has 0 bridgehead atoms. The Kier molecular flexibility index (Phi) is 5.76. The SMILES string of the molecule is CCOc1cc2nc(CC)c(C#N)c(Nc3ccc(OC)c(Cl)c3)c2cc1N. The second-order valence-electron chi connectivity index (χ2n) is 6.09. The van der Waals surface area contributed by atoms with Crippen LogP contribution in [0.4, 0.5) is 17.1 Å². The molecule has 0 aliphatic heterocycles. The third-order valence-corrected chi connectivity index (χ3v) is 4.65. The summed E-state index contributed by atoms with van der Waals surface area (Å²) in [7, 11) is 1.56. The molecule has 7 heteroatoms. The lowest BCUT2D eigenvalue weighted by Crippen LogP contribution is -2.04. The van der Waals surface area contributed by atoms with Gasteiger partial charge in [-0.15, -0.1) is 0 Å². The molecule has 0 aliphatic carbocycles. The number of halogens is 1. The number of rotatable bonds is 6. The number of nitriles is 1. The molecule has 0 saturated heterocycles. The second kappa shape index (κ2) is 8.24. The quantitative estimate of drug-likeness (QED) is 0.566. The summed E-state index contributed by atoms with van der Waals surface area (Å²) in [5.74, 6) is 1.15. The van der Waals surface area contributed by atoms with E-state index in [2.05, 4.69) is 16.4 Å². The van der Waals surface area contributed by atoms with E-state index < -0.39 is 0 Å². The van der Waals surface area contributed by atoms with Crippen LogP contribution in [0.15, 0.2) is 30.3 Å². The molecule has 3 N–H and O–H groups in total. The lowest BCUT2D eigenvalue weighted by Gasteiger charge is -2.17. The van der Waals surface area contributed by atoms with E-state index in [1.165, 1.54) is 0 Å². The van der Waals surface area contributed by atoms with E-state index in [0.717, 1.165) is 11.1 Å². The van der Waals surface area contributed by atoms with Crippen molar-refractivity contribution in [1.29, 1.82) is 5.26 Å². The molecule has 0 aliphatic rings. The Morgan fingerprint density at radius 3 is 2.61 bits per heavy atom. The first-order chi connectivity index (χ1) is 13.5. The average Bonchev–Trinajstić information content (AvgIpc) is 2.69. The number of aromatic nitrogens is 1. The molecule has 3 rings (SSSR count). The minimum Gasteiger partial charge on any atom is -0.495 e. The fourth-order valence-corrected chi connectivity index (χ4v) is 3.29. The van der Waals surface area contributed by atoms with Gasteiger partial charge >= 0.3 is 0 Å². The van der Waals surface area contributed by atoms with Crippen LogP contribution in [-0.4, -0.2) is 18.7 Å². The molecule has 2 aromatic carbocycles. The summed E-state index contributed by atoms with van der Waals surface area (Å²) in [6.45, 7) is 4.36. The average molecular weight is 397 g/mol. The maximum atomic E-state index is 9.78. The largest absolute Gasteiger partial charge is 0.495 e. The fraction of sp³-hybridized carbons (Fsp3) is 0.238. The van der Waals surface area contributed by atoms with Crippen molar-refractivity contribution in [2.75, 3.05) is 24.8 Å². The first-order valence-corrected chi connectivity index (χ1v) is 9.29. The van der Waals surface area contributed by atoms with Crippen LogP contribution in [0.3, 0.4) is 0 Å². The number of benzene rings is 2. The fourth-order valence-electron chi connectivity index (χ4n) is 3.03. The Labute approximate surface area is 168 Å². The van der Waals surface area contributed by atoms with Crippen molar-refractivity contribution in [3.63, 3.8) is 0 Å². The lowest BCUT2D eigenvalue weighted by atomic mass is 10.0. The lowest BCUT2D eigenvalue weighted by molar-refractivity contribution is 0.342. The summed E-state index contributed by atoms with van der Waals surface area (Å²) in [5.41, 5.74) is 9.89. The highest BCUT2D eigenvalue weighted by Crippen LogP contribution is 2.37. The van der Waals surface area contributed by atoms with Crippen LogP contribution in [-0.2, 0) is 6.42 Å². The van der Waals surface area contributed by atoms with Crippen molar-refractivity contribution in [3.8, 4) is 17.6 Å². The van der Waals surface area contributed by atoms with Crippen LogP contribution in [0.2, 0.25) is 5.02 Å². The molecular formula is C21H21ClN4O2.